The number of rotatable bonds is 23. The first kappa shape index (κ1) is 33.3. The topological polar surface area (TPSA) is 86.3 Å². The summed E-state index contributed by atoms with van der Waals surface area (Å²) in [4.78, 5) is 10.3. The third kappa shape index (κ3) is 28.1. The molecule has 0 heterocycles. The van der Waals surface area contributed by atoms with E-state index in [4.69, 9.17) is 0 Å². The van der Waals surface area contributed by atoms with Gasteiger partial charge in [0, 0.05) is 24.3 Å². The maximum Gasteiger partial charge on any atom is 1.00 e. The molecule has 0 aromatic heterocycles. The van der Waals surface area contributed by atoms with E-state index in [1.165, 1.54) is 96.3 Å². The second kappa shape index (κ2) is 24.8. The molecule has 1 N–H and O–H groups in total. The minimum atomic E-state index is -3.52. The first-order valence-electron chi connectivity index (χ1n) is 12.3. The number of carbonyl (C=O) groups is 1. The first-order chi connectivity index (χ1) is 14.5. The van der Waals surface area contributed by atoms with E-state index >= 15 is 0 Å². The largest absolute Gasteiger partial charge is 1.00 e. The van der Waals surface area contributed by atoms with E-state index in [1.807, 2.05) is 0 Å². The Balaban J connectivity index is 0. The normalized spacial score (nSPS) is 11.6. The van der Waals surface area contributed by atoms with Crippen LogP contribution in [0.4, 0.5) is 0 Å². The molecule has 7 heteroatoms. The van der Waals surface area contributed by atoms with Crippen molar-refractivity contribution in [3.05, 3.63) is 11.5 Å². The third-order valence-electron chi connectivity index (χ3n) is 5.38. The SMILES string of the molecule is CCCCCCCCCCCCCCCCCCC/C=C/S(=O)(=O)NCCC(=O)[O-].[Na+]. The zero-order chi connectivity index (χ0) is 22.3. The molecule has 0 aromatic rings. The Labute approximate surface area is 214 Å². The molecule has 0 saturated heterocycles. The summed E-state index contributed by atoms with van der Waals surface area (Å²) in [6.07, 6.45) is 24.7. The van der Waals surface area contributed by atoms with Gasteiger partial charge in [-0.2, -0.15) is 0 Å². The number of hydrogen-bond donors (Lipinski definition) is 1. The summed E-state index contributed by atoms with van der Waals surface area (Å²) >= 11 is 0. The quantitative estimate of drug-likeness (QED) is 0.185. The van der Waals surface area contributed by atoms with Crippen LogP contribution in [0.25, 0.3) is 0 Å². The van der Waals surface area contributed by atoms with Crippen molar-refractivity contribution in [1.29, 1.82) is 0 Å². The molecule has 0 radical (unpaired) electrons. The van der Waals surface area contributed by atoms with Crippen LogP contribution in [0.15, 0.2) is 11.5 Å². The van der Waals surface area contributed by atoms with Gasteiger partial charge >= 0.3 is 29.6 Å². The Morgan fingerprint density at radius 2 is 1.13 bits per heavy atom. The number of carbonyl (C=O) groups excluding carboxylic acids is 1. The minimum absolute atomic E-state index is 0. The molecule has 0 aliphatic carbocycles. The van der Waals surface area contributed by atoms with Crippen molar-refractivity contribution in [1.82, 2.24) is 4.72 Å². The monoisotopic (exact) mass is 467 g/mol. The fourth-order valence-corrected chi connectivity index (χ4v) is 4.40. The molecule has 0 fully saturated rings. The van der Waals surface area contributed by atoms with Crippen molar-refractivity contribution < 1.29 is 47.9 Å². The maximum absolute atomic E-state index is 11.6. The molecule has 0 aliphatic heterocycles. The van der Waals surface area contributed by atoms with Crippen LogP contribution in [0.5, 0.6) is 0 Å². The van der Waals surface area contributed by atoms with E-state index in [9.17, 15) is 18.3 Å². The molecular formula is C24H46NNaO4S. The molecule has 0 saturated carbocycles. The van der Waals surface area contributed by atoms with E-state index in [-0.39, 0.29) is 42.5 Å². The van der Waals surface area contributed by atoms with Gasteiger partial charge in [0.2, 0.25) is 10.0 Å². The molecule has 0 bridgehead atoms. The summed E-state index contributed by atoms with van der Waals surface area (Å²) in [5, 5.41) is 11.4. The number of aliphatic carboxylic acids is 1. The van der Waals surface area contributed by atoms with E-state index in [2.05, 4.69) is 11.6 Å². The van der Waals surface area contributed by atoms with Crippen molar-refractivity contribution in [3.8, 4) is 0 Å². The van der Waals surface area contributed by atoms with Gasteiger partial charge in [-0.15, -0.1) is 0 Å². The summed E-state index contributed by atoms with van der Waals surface area (Å²) in [5.41, 5.74) is 0. The predicted octanol–water partition coefficient (Wildman–Crippen LogP) is 2.61. The van der Waals surface area contributed by atoms with Gasteiger partial charge in [-0.1, -0.05) is 116 Å². The Bertz CT molecular complexity index is 524. The molecule has 0 aliphatic rings. The van der Waals surface area contributed by atoms with Gasteiger partial charge in [-0.05, 0) is 12.8 Å². The Hall–Kier alpha value is 0.120. The second-order valence-corrected chi connectivity index (χ2v) is 10.0. The van der Waals surface area contributed by atoms with Crippen molar-refractivity contribution >= 4 is 16.0 Å². The summed E-state index contributed by atoms with van der Waals surface area (Å²) in [7, 11) is -3.52. The van der Waals surface area contributed by atoms with Crippen molar-refractivity contribution in [2.45, 2.75) is 129 Å². The molecule has 0 atom stereocenters. The summed E-state index contributed by atoms with van der Waals surface area (Å²) in [6.45, 7) is 2.14. The van der Waals surface area contributed by atoms with Gasteiger partial charge in [0.15, 0.2) is 0 Å². The first-order valence-corrected chi connectivity index (χ1v) is 13.9. The molecule has 5 nitrogen and oxygen atoms in total. The molecule has 31 heavy (non-hydrogen) atoms. The zero-order valence-corrected chi connectivity index (χ0v) is 23.2. The second-order valence-electron chi connectivity index (χ2n) is 8.38. The van der Waals surface area contributed by atoms with Crippen LogP contribution in [-0.2, 0) is 14.8 Å². The molecule has 0 unspecified atom stereocenters. The molecule has 0 spiro atoms. The number of sulfonamides is 1. The van der Waals surface area contributed by atoms with Crippen LogP contribution >= 0.6 is 0 Å². The maximum atomic E-state index is 11.6. The van der Waals surface area contributed by atoms with E-state index in [0.29, 0.717) is 0 Å². The van der Waals surface area contributed by atoms with Crippen LogP contribution in [0.1, 0.15) is 129 Å². The predicted molar refractivity (Wildman–Crippen MR) is 124 cm³/mol. The molecule has 178 valence electrons. The van der Waals surface area contributed by atoms with Gasteiger partial charge in [0.1, 0.15) is 0 Å². The fraction of sp³-hybridized carbons (Fsp3) is 0.875. The van der Waals surface area contributed by atoms with Crippen LogP contribution in [-0.4, -0.2) is 20.9 Å². The number of carboxylic acids is 1. The van der Waals surface area contributed by atoms with Crippen molar-refractivity contribution in [2.24, 2.45) is 0 Å². The third-order valence-corrected chi connectivity index (χ3v) is 6.54. The average Bonchev–Trinajstić information content (AvgIpc) is 2.69. The fourth-order valence-electron chi connectivity index (χ4n) is 3.53. The number of hydrogen-bond acceptors (Lipinski definition) is 4. The van der Waals surface area contributed by atoms with Crippen LogP contribution < -0.4 is 39.4 Å². The number of nitrogens with one attached hydrogen (secondary N) is 1. The van der Waals surface area contributed by atoms with Crippen molar-refractivity contribution in [2.75, 3.05) is 6.54 Å². The Morgan fingerprint density at radius 1 is 0.742 bits per heavy atom. The molecular weight excluding hydrogens is 421 g/mol. The number of allylic oxidation sites excluding steroid dienone is 1. The van der Waals surface area contributed by atoms with E-state index in [0.717, 1.165) is 24.7 Å². The summed E-state index contributed by atoms with van der Waals surface area (Å²) in [6, 6.07) is 0. The number of carboxylic acid groups (broad SMARTS) is 1. The molecule has 0 rings (SSSR count). The van der Waals surface area contributed by atoms with Gasteiger partial charge in [-0.25, -0.2) is 13.1 Å². The van der Waals surface area contributed by atoms with Crippen LogP contribution in [0.3, 0.4) is 0 Å². The zero-order valence-electron chi connectivity index (χ0n) is 20.3. The molecule has 0 aromatic carbocycles. The Morgan fingerprint density at radius 3 is 1.52 bits per heavy atom. The van der Waals surface area contributed by atoms with Gasteiger partial charge < -0.3 is 9.90 Å². The number of unbranched alkanes of at least 4 members (excludes halogenated alkanes) is 17. The Kier molecular flexibility index (Phi) is 26.6. The molecule has 0 amide bonds. The van der Waals surface area contributed by atoms with Crippen molar-refractivity contribution in [3.63, 3.8) is 0 Å². The summed E-state index contributed by atoms with van der Waals surface area (Å²) < 4.78 is 25.4. The minimum Gasteiger partial charge on any atom is -0.550 e. The smallest absolute Gasteiger partial charge is 0.550 e. The van der Waals surface area contributed by atoms with Gasteiger partial charge in [0.05, 0.1) is 0 Å². The van der Waals surface area contributed by atoms with Gasteiger partial charge in [-0.3, -0.25) is 0 Å². The van der Waals surface area contributed by atoms with Gasteiger partial charge in [0.25, 0.3) is 0 Å². The standard InChI is InChI=1S/C24H47NO4S.Na/c1-2-3-4-5-6-7-8-9-10-11-12-13-14-15-16-17-18-19-20-23-30(28,29)25-22-21-24(26)27;/h20,23,25H,2-19,21-22H2,1H3,(H,26,27);/q;+1/p-1/b23-20+;. The van der Waals surface area contributed by atoms with E-state index in [1.54, 1.807) is 6.08 Å². The average molecular weight is 468 g/mol. The van der Waals surface area contributed by atoms with Crippen LogP contribution in [0, 0.1) is 0 Å². The van der Waals surface area contributed by atoms with Crippen LogP contribution in [0.2, 0.25) is 0 Å². The van der Waals surface area contributed by atoms with E-state index < -0.39 is 16.0 Å². The summed E-state index contributed by atoms with van der Waals surface area (Å²) in [5.74, 6) is -1.26.